The maximum absolute atomic E-state index is 14.1. The quantitative estimate of drug-likeness (QED) is 0.325. The van der Waals surface area contributed by atoms with Gasteiger partial charge in [0.25, 0.3) is 5.91 Å². The van der Waals surface area contributed by atoms with E-state index >= 15 is 0 Å². The zero-order chi connectivity index (χ0) is 28.2. The number of amides is 1. The SMILES string of the molecule is CCn1c(-c2ccc(-n3c(C)nn(C)c3=O)cc2)cc2ccnc(C3(Nc4ccc(F)c(C(N)=O)c4)COC3)c21. The fraction of sp³-hybridized carbons (Fsp3) is 0.241. The minimum atomic E-state index is -0.834. The van der Waals surface area contributed by atoms with Gasteiger partial charge in [-0.05, 0) is 61.9 Å². The lowest BCUT2D eigenvalue weighted by Crippen LogP contribution is -2.53. The summed E-state index contributed by atoms with van der Waals surface area (Å²) in [6.07, 6.45) is 1.77. The van der Waals surface area contributed by atoms with Gasteiger partial charge in [0.1, 0.15) is 17.2 Å². The van der Waals surface area contributed by atoms with Crippen LogP contribution in [-0.4, -0.2) is 43.0 Å². The first-order valence-electron chi connectivity index (χ1n) is 12.9. The molecule has 0 spiro atoms. The van der Waals surface area contributed by atoms with Gasteiger partial charge in [-0.1, -0.05) is 12.1 Å². The summed E-state index contributed by atoms with van der Waals surface area (Å²) < 4.78 is 24.9. The van der Waals surface area contributed by atoms with Gasteiger partial charge >= 0.3 is 5.69 Å². The number of halogens is 1. The smallest absolute Gasteiger partial charge is 0.350 e. The van der Waals surface area contributed by atoms with Crippen LogP contribution in [0.5, 0.6) is 0 Å². The molecule has 1 aliphatic rings. The number of nitrogens with zero attached hydrogens (tertiary/aromatic N) is 5. The van der Waals surface area contributed by atoms with Crippen LogP contribution >= 0.6 is 0 Å². The van der Waals surface area contributed by atoms with Gasteiger partial charge in [0.05, 0.1) is 35.7 Å². The van der Waals surface area contributed by atoms with E-state index in [0.717, 1.165) is 33.5 Å². The van der Waals surface area contributed by atoms with Crippen molar-refractivity contribution in [3.63, 3.8) is 0 Å². The highest BCUT2D eigenvalue weighted by molar-refractivity contribution is 5.94. The van der Waals surface area contributed by atoms with E-state index in [1.807, 2.05) is 30.3 Å². The number of rotatable bonds is 7. The van der Waals surface area contributed by atoms with Crippen molar-refractivity contribution in [2.75, 3.05) is 18.5 Å². The molecule has 3 aromatic heterocycles. The van der Waals surface area contributed by atoms with Crippen LogP contribution in [0, 0.1) is 12.7 Å². The molecule has 204 valence electrons. The molecule has 3 N–H and O–H groups in total. The predicted molar refractivity (Wildman–Crippen MR) is 149 cm³/mol. The van der Waals surface area contributed by atoms with Crippen LogP contribution in [0.4, 0.5) is 10.1 Å². The van der Waals surface area contributed by atoms with Gasteiger partial charge < -0.3 is 20.4 Å². The minimum Gasteiger partial charge on any atom is -0.376 e. The monoisotopic (exact) mass is 541 g/mol. The third-order valence-electron chi connectivity index (χ3n) is 7.40. The average Bonchev–Trinajstić information content (AvgIpc) is 3.42. The van der Waals surface area contributed by atoms with E-state index in [9.17, 15) is 14.0 Å². The van der Waals surface area contributed by atoms with Gasteiger partial charge in [-0.2, -0.15) is 5.10 Å². The predicted octanol–water partition coefficient (Wildman–Crippen LogP) is 3.49. The Bertz CT molecular complexity index is 1830. The molecule has 6 rings (SSSR count). The molecular formula is C29H28FN7O3. The van der Waals surface area contributed by atoms with E-state index in [2.05, 4.69) is 28.0 Å². The number of primary amides is 1. The number of aryl methyl sites for hydroxylation is 3. The lowest BCUT2D eigenvalue weighted by molar-refractivity contribution is -0.0461. The summed E-state index contributed by atoms with van der Waals surface area (Å²) in [5.41, 5.74) is 9.32. The number of fused-ring (bicyclic) bond motifs is 1. The van der Waals surface area contributed by atoms with E-state index in [0.29, 0.717) is 31.3 Å². The van der Waals surface area contributed by atoms with Crippen LogP contribution in [0.25, 0.3) is 27.8 Å². The number of ether oxygens (including phenoxy) is 1. The first-order chi connectivity index (χ1) is 19.2. The Morgan fingerprint density at radius 1 is 1.15 bits per heavy atom. The molecule has 0 atom stereocenters. The number of nitrogens with two attached hydrogens (primary N) is 1. The molecule has 1 aliphatic heterocycles. The Balaban J connectivity index is 1.43. The molecule has 10 nitrogen and oxygen atoms in total. The van der Waals surface area contributed by atoms with Gasteiger partial charge in [0.2, 0.25) is 0 Å². The Kier molecular flexibility index (Phi) is 6.03. The number of nitrogens with one attached hydrogen (secondary N) is 1. The maximum atomic E-state index is 14.1. The highest BCUT2D eigenvalue weighted by Crippen LogP contribution is 2.39. The molecule has 1 amide bonds. The first-order valence-corrected chi connectivity index (χ1v) is 12.9. The summed E-state index contributed by atoms with van der Waals surface area (Å²) in [7, 11) is 1.63. The van der Waals surface area contributed by atoms with Crippen LogP contribution in [0.1, 0.15) is 28.8 Å². The van der Waals surface area contributed by atoms with E-state index in [-0.39, 0.29) is 11.3 Å². The molecule has 0 bridgehead atoms. The number of benzene rings is 2. The highest BCUT2D eigenvalue weighted by Gasteiger charge is 2.44. The van der Waals surface area contributed by atoms with Crippen LogP contribution in [-0.2, 0) is 23.9 Å². The van der Waals surface area contributed by atoms with Crippen LogP contribution in [0.15, 0.2) is 65.6 Å². The number of hydrogen-bond acceptors (Lipinski definition) is 6. The number of pyridine rings is 1. The Hall–Kier alpha value is -4.77. The van der Waals surface area contributed by atoms with Crippen molar-refractivity contribution in [1.29, 1.82) is 0 Å². The molecule has 0 radical (unpaired) electrons. The highest BCUT2D eigenvalue weighted by atomic mass is 19.1. The standard InChI is InChI=1S/C29H28FN7O3/c1-4-36-24(18-5-8-21(9-6-18)37-17(2)34-35(3)28(37)39)13-19-11-12-32-26(25(19)36)29(15-40-16-29)33-20-7-10-23(30)22(14-20)27(31)38/h5-14,33H,4,15-16H2,1-3H3,(H2,31,38). The van der Waals surface area contributed by atoms with Crippen molar-refractivity contribution in [2.45, 2.75) is 25.9 Å². The second-order valence-electron chi connectivity index (χ2n) is 9.97. The maximum Gasteiger partial charge on any atom is 0.350 e. The van der Waals surface area contributed by atoms with Crippen LogP contribution in [0.3, 0.4) is 0 Å². The normalized spacial score (nSPS) is 14.3. The van der Waals surface area contributed by atoms with Crippen LogP contribution < -0.4 is 16.7 Å². The first kappa shape index (κ1) is 25.5. The van der Waals surface area contributed by atoms with Crippen LogP contribution in [0.2, 0.25) is 0 Å². The van der Waals surface area contributed by atoms with Gasteiger partial charge in [-0.25, -0.2) is 18.4 Å². The third-order valence-corrected chi connectivity index (χ3v) is 7.40. The summed E-state index contributed by atoms with van der Waals surface area (Å²) in [4.78, 5) is 29.0. The third kappa shape index (κ3) is 3.97. The zero-order valence-electron chi connectivity index (χ0n) is 22.3. The average molecular weight is 542 g/mol. The summed E-state index contributed by atoms with van der Waals surface area (Å²) >= 11 is 0. The molecule has 1 saturated heterocycles. The van der Waals surface area contributed by atoms with Crippen molar-refractivity contribution in [3.8, 4) is 16.9 Å². The van der Waals surface area contributed by atoms with Crippen molar-refractivity contribution < 1.29 is 13.9 Å². The van der Waals surface area contributed by atoms with Crippen molar-refractivity contribution in [3.05, 3.63) is 94.2 Å². The van der Waals surface area contributed by atoms with Gasteiger partial charge in [-0.15, -0.1) is 0 Å². The van der Waals surface area contributed by atoms with E-state index in [4.69, 9.17) is 15.5 Å². The largest absolute Gasteiger partial charge is 0.376 e. The number of anilines is 1. The molecular weight excluding hydrogens is 513 g/mol. The van der Waals surface area contributed by atoms with Gasteiger partial charge in [0, 0.05) is 36.6 Å². The molecule has 40 heavy (non-hydrogen) atoms. The van der Waals surface area contributed by atoms with E-state index in [1.165, 1.54) is 16.8 Å². The lowest BCUT2D eigenvalue weighted by Gasteiger charge is -2.42. The van der Waals surface area contributed by atoms with Crippen molar-refractivity contribution in [1.82, 2.24) is 23.9 Å². The second-order valence-corrected chi connectivity index (χ2v) is 9.97. The van der Waals surface area contributed by atoms with Crippen molar-refractivity contribution in [2.24, 2.45) is 12.8 Å². The van der Waals surface area contributed by atoms with Gasteiger partial charge in [-0.3, -0.25) is 9.78 Å². The molecule has 4 heterocycles. The molecule has 0 aliphatic carbocycles. The number of aromatic nitrogens is 5. The van der Waals surface area contributed by atoms with E-state index < -0.39 is 17.3 Å². The summed E-state index contributed by atoms with van der Waals surface area (Å²) in [5, 5.41) is 8.67. The fourth-order valence-corrected chi connectivity index (χ4v) is 5.44. The van der Waals surface area contributed by atoms with E-state index in [1.54, 1.807) is 30.8 Å². The molecule has 2 aromatic carbocycles. The summed E-state index contributed by atoms with van der Waals surface area (Å²) in [6, 6.07) is 16.1. The molecule has 1 fully saturated rings. The summed E-state index contributed by atoms with van der Waals surface area (Å²) in [5.74, 6) is -0.890. The number of hydrogen-bond donors (Lipinski definition) is 2. The number of carbonyl (C=O) groups excluding carboxylic acids is 1. The second kappa shape index (κ2) is 9.45. The number of carbonyl (C=O) groups is 1. The van der Waals surface area contributed by atoms with Gasteiger partial charge in [0.15, 0.2) is 0 Å². The molecule has 0 unspecified atom stereocenters. The van der Waals surface area contributed by atoms with Crippen molar-refractivity contribution >= 4 is 22.5 Å². The fourth-order valence-electron chi connectivity index (χ4n) is 5.44. The Morgan fingerprint density at radius 2 is 1.90 bits per heavy atom. The molecule has 11 heteroatoms. The Morgan fingerprint density at radius 3 is 2.50 bits per heavy atom. The summed E-state index contributed by atoms with van der Waals surface area (Å²) in [6.45, 7) is 5.25. The topological polar surface area (TPSA) is 122 Å². The molecule has 0 saturated carbocycles. The zero-order valence-corrected chi connectivity index (χ0v) is 22.3. The Labute approximate surface area is 228 Å². The molecule has 5 aromatic rings. The minimum absolute atomic E-state index is 0.182. The lowest BCUT2D eigenvalue weighted by atomic mass is 9.90.